The molecule has 0 aliphatic rings. The third-order valence-electron chi connectivity index (χ3n) is 2.23. The van der Waals surface area contributed by atoms with Crippen LogP contribution >= 0.6 is 0 Å². The molecule has 21 heavy (non-hydrogen) atoms. The highest BCUT2D eigenvalue weighted by molar-refractivity contribution is 7.89. The van der Waals surface area contributed by atoms with E-state index in [1.807, 2.05) is 0 Å². The first-order valence-electron chi connectivity index (χ1n) is 5.69. The Morgan fingerprint density at radius 1 is 1.43 bits per heavy atom. The number of aliphatic hydroxyl groups excluding tert-OH is 1. The van der Waals surface area contributed by atoms with E-state index in [1.165, 1.54) is 24.3 Å². The van der Waals surface area contributed by atoms with Gasteiger partial charge in [0.15, 0.2) is 5.84 Å². The maximum absolute atomic E-state index is 11.7. The molecular formula is C11H14N6O3S. The first-order chi connectivity index (χ1) is 9.90. The molecule has 0 spiro atoms. The van der Waals surface area contributed by atoms with Crippen LogP contribution in [0.15, 0.2) is 34.3 Å². The van der Waals surface area contributed by atoms with Crippen LogP contribution in [0.2, 0.25) is 0 Å². The smallest absolute Gasteiger partial charge is 0.240 e. The van der Waals surface area contributed by atoms with Crippen molar-refractivity contribution in [3.05, 3.63) is 24.3 Å². The van der Waals surface area contributed by atoms with Crippen LogP contribution in [0, 0.1) is 16.7 Å². The van der Waals surface area contributed by atoms with Crippen LogP contribution in [-0.2, 0) is 10.0 Å². The second-order valence-corrected chi connectivity index (χ2v) is 5.51. The number of nitriles is 1. The summed E-state index contributed by atoms with van der Waals surface area (Å²) in [5.74, 6) is -0.475. The number of amidine groups is 1. The second-order valence-electron chi connectivity index (χ2n) is 3.74. The minimum absolute atomic E-state index is 0.0255. The van der Waals surface area contributed by atoms with Crippen molar-refractivity contribution < 1.29 is 13.5 Å². The molecule has 0 fully saturated rings. The number of nitrogens with two attached hydrogens (primary N) is 1. The lowest BCUT2D eigenvalue weighted by Gasteiger charge is -2.06. The van der Waals surface area contributed by atoms with Gasteiger partial charge in [0.25, 0.3) is 0 Å². The Bertz CT molecular complexity index is 675. The highest BCUT2D eigenvalue weighted by atomic mass is 32.2. The Hall–Kier alpha value is -2.48. The second kappa shape index (κ2) is 7.34. The molecule has 10 heteroatoms. The fourth-order valence-corrected chi connectivity index (χ4v) is 2.26. The highest BCUT2D eigenvalue weighted by Gasteiger charge is 2.12. The van der Waals surface area contributed by atoms with Crippen molar-refractivity contribution in [2.24, 2.45) is 10.8 Å². The molecule has 0 bridgehead atoms. The number of sulfonamides is 1. The minimum atomic E-state index is -3.67. The molecule has 0 aliphatic carbocycles. The number of rotatable bonds is 7. The molecule has 0 aromatic heterocycles. The molecule has 9 nitrogen and oxygen atoms in total. The zero-order valence-corrected chi connectivity index (χ0v) is 11.7. The Morgan fingerprint density at radius 3 is 2.52 bits per heavy atom. The van der Waals surface area contributed by atoms with Gasteiger partial charge in [-0.15, -0.1) is 0 Å². The largest absolute Gasteiger partial charge is 0.395 e. The first-order valence-corrected chi connectivity index (χ1v) is 7.18. The summed E-state index contributed by atoms with van der Waals surface area (Å²) in [7, 11) is -3.67. The van der Waals surface area contributed by atoms with E-state index in [2.05, 4.69) is 15.2 Å². The molecule has 0 radical (unpaired) electrons. The van der Waals surface area contributed by atoms with Crippen LogP contribution in [0.5, 0.6) is 0 Å². The topological polar surface area (TPSA) is 164 Å². The van der Waals surface area contributed by atoms with Gasteiger partial charge in [-0.1, -0.05) is 0 Å². The third kappa shape index (κ3) is 4.84. The summed E-state index contributed by atoms with van der Waals surface area (Å²) in [6.45, 7) is -0.369. The van der Waals surface area contributed by atoms with Gasteiger partial charge in [-0.25, -0.2) is 13.1 Å². The zero-order chi connectivity index (χ0) is 15.9. The van der Waals surface area contributed by atoms with Gasteiger partial charge < -0.3 is 10.8 Å². The summed E-state index contributed by atoms with van der Waals surface area (Å²) in [5.41, 5.74) is 7.75. The molecule has 0 saturated carbocycles. The molecule has 0 saturated heterocycles. The van der Waals surface area contributed by atoms with E-state index in [-0.39, 0.29) is 23.8 Å². The normalized spacial score (nSPS) is 11.7. The number of hydrogen-bond acceptors (Lipinski definition) is 7. The van der Waals surface area contributed by atoms with Crippen molar-refractivity contribution >= 4 is 27.3 Å². The summed E-state index contributed by atoms with van der Waals surface area (Å²) < 4.78 is 25.7. The molecule has 0 unspecified atom stereocenters. The van der Waals surface area contributed by atoms with E-state index in [0.29, 0.717) is 5.69 Å². The van der Waals surface area contributed by atoms with Gasteiger partial charge in [-0.05, 0) is 24.3 Å². The Kier molecular flexibility index (Phi) is 5.79. The van der Waals surface area contributed by atoms with E-state index in [4.69, 9.17) is 21.5 Å². The molecular weight excluding hydrogens is 296 g/mol. The van der Waals surface area contributed by atoms with Gasteiger partial charge in [-0.2, -0.15) is 10.4 Å². The summed E-state index contributed by atoms with van der Waals surface area (Å²) in [6.07, 6.45) is 0. The fraction of sp³-hybridized carbons (Fsp3) is 0.182. The molecule has 0 aliphatic heterocycles. The highest BCUT2D eigenvalue weighted by Crippen LogP contribution is 2.13. The Labute approximate surface area is 121 Å². The number of benzene rings is 1. The summed E-state index contributed by atoms with van der Waals surface area (Å²) in [6, 6.07) is 7.17. The van der Waals surface area contributed by atoms with Gasteiger partial charge >= 0.3 is 0 Å². The van der Waals surface area contributed by atoms with Crippen molar-refractivity contribution in [3.63, 3.8) is 0 Å². The van der Waals surface area contributed by atoms with Gasteiger partial charge in [0.1, 0.15) is 6.07 Å². The number of nitrogens with one attached hydrogen (secondary N) is 3. The van der Waals surface area contributed by atoms with E-state index in [9.17, 15) is 8.42 Å². The van der Waals surface area contributed by atoms with Crippen molar-refractivity contribution in [2.75, 3.05) is 18.6 Å². The molecule has 0 heterocycles. The maximum atomic E-state index is 11.7. The summed E-state index contributed by atoms with van der Waals surface area (Å²) in [4.78, 5) is 0.0255. The molecule has 6 N–H and O–H groups in total. The van der Waals surface area contributed by atoms with Crippen molar-refractivity contribution in [1.29, 1.82) is 10.7 Å². The predicted molar refractivity (Wildman–Crippen MR) is 77.3 cm³/mol. The Balaban J connectivity index is 2.84. The van der Waals surface area contributed by atoms with E-state index >= 15 is 0 Å². The SMILES string of the molecule is N#C/C(=N\Nc1ccc(S(=O)(=O)NCCO)cc1)C(=N)N. The number of aliphatic hydroxyl groups is 1. The standard InChI is InChI=1S/C11H14N6O3S/c12-7-10(11(13)14)17-16-8-1-3-9(4-2-8)21(19,20)15-5-6-18/h1-4,15-16,18H,5-6H2,(H3,13,14)/b17-10+. The average Bonchev–Trinajstić information content (AvgIpc) is 2.46. The van der Waals surface area contributed by atoms with Crippen LogP contribution in [0.3, 0.4) is 0 Å². The fourth-order valence-electron chi connectivity index (χ4n) is 1.24. The number of hydrogen-bond donors (Lipinski definition) is 5. The summed E-state index contributed by atoms with van der Waals surface area (Å²) in [5, 5.41) is 27.9. The van der Waals surface area contributed by atoms with Crippen molar-refractivity contribution in [2.45, 2.75) is 4.90 Å². The van der Waals surface area contributed by atoms with Crippen LogP contribution in [0.1, 0.15) is 0 Å². The first kappa shape index (κ1) is 16.6. The van der Waals surface area contributed by atoms with E-state index in [1.54, 1.807) is 6.07 Å². The number of nitrogens with zero attached hydrogens (tertiary/aromatic N) is 2. The Morgan fingerprint density at radius 2 is 2.05 bits per heavy atom. The van der Waals surface area contributed by atoms with E-state index in [0.717, 1.165) is 0 Å². The quantitative estimate of drug-likeness (QED) is 0.251. The lowest BCUT2D eigenvalue weighted by atomic mass is 10.3. The van der Waals surface area contributed by atoms with Crippen LogP contribution in [0.4, 0.5) is 5.69 Å². The van der Waals surface area contributed by atoms with E-state index < -0.39 is 15.9 Å². The lowest BCUT2D eigenvalue weighted by molar-refractivity contribution is 0.301. The lowest BCUT2D eigenvalue weighted by Crippen LogP contribution is -2.26. The number of hydrazone groups is 1. The van der Waals surface area contributed by atoms with Gasteiger partial charge in [0.05, 0.1) is 17.2 Å². The monoisotopic (exact) mass is 310 g/mol. The van der Waals surface area contributed by atoms with Gasteiger partial charge in [0.2, 0.25) is 15.7 Å². The summed E-state index contributed by atoms with van der Waals surface area (Å²) >= 11 is 0. The van der Waals surface area contributed by atoms with Gasteiger partial charge in [-0.3, -0.25) is 10.8 Å². The van der Waals surface area contributed by atoms with Gasteiger partial charge in [0, 0.05) is 6.54 Å². The predicted octanol–water partition coefficient (Wildman–Crippen LogP) is -0.815. The molecule has 0 atom stereocenters. The molecule has 1 rings (SSSR count). The van der Waals surface area contributed by atoms with Crippen molar-refractivity contribution in [3.8, 4) is 6.07 Å². The van der Waals surface area contributed by atoms with Crippen LogP contribution in [-0.4, -0.2) is 38.2 Å². The molecule has 112 valence electrons. The third-order valence-corrected chi connectivity index (χ3v) is 3.70. The zero-order valence-electron chi connectivity index (χ0n) is 10.9. The maximum Gasteiger partial charge on any atom is 0.240 e. The number of anilines is 1. The molecule has 1 aromatic carbocycles. The minimum Gasteiger partial charge on any atom is -0.395 e. The average molecular weight is 310 g/mol. The van der Waals surface area contributed by atoms with Crippen LogP contribution in [0.25, 0.3) is 0 Å². The van der Waals surface area contributed by atoms with Crippen molar-refractivity contribution in [1.82, 2.24) is 4.72 Å². The molecule has 0 amide bonds. The van der Waals surface area contributed by atoms with Crippen LogP contribution < -0.4 is 15.9 Å². The molecule has 1 aromatic rings.